The largest absolute Gasteiger partial charge is 0.465 e. The van der Waals surface area contributed by atoms with E-state index in [2.05, 4.69) is 0 Å². The van der Waals surface area contributed by atoms with E-state index < -0.39 is 6.10 Å². The third-order valence-corrected chi connectivity index (χ3v) is 2.17. The average Bonchev–Trinajstić information content (AvgIpc) is 2.09. The molecule has 0 aliphatic heterocycles. The topological polar surface area (TPSA) is 46.5 Å². The van der Waals surface area contributed by atoms with Gasteiger partial charge in [-0.05, 0) is 25.2 Å². The van der Waals surface area contributed by atoms with Gasteiger partial charge in [0.05, 0.1) is 18.6 Å². The van der Waals surface area contributed by atoms with Crippen molar-refractivity contribution in [2.24, 2.45) is 17.8 Å². The number of hydrogen-bond acceptors (Lipinski definition) is 3. The first-order chi connectivity index (χ1) is 6.84. The highest BCUT2D eigenvalue weighted by molar-refractivity contribution is 5.73. The molecular weight excluding hydrogens is 192 g/mol. The molecule has 15 heavy (non-hydrogen) atoms. The van der Waals surface area contributed by atoms with Crippen molar-refractivity contribution >= 4 is 5.97 Å². The van der Waals surface area contributed by atoms with Crippen molar-refractivity contribution in [3.8, 4) is 0 Å². The Morgan fingerprint density at radius 2 is 1.67 bits per heavy atom. The second-order valence-corrected chi connectivity index (χ2v) is 5.00. The van der Waals surface area contributed by atoms with Crippen LogP contribution in [0.15, 0.2) is 0 Å². The van der Waals surface area contributed by atoms with Crippen molar-refractivity contribution in [1.82, 2.24) is 0 Å². The summed E-state index contributed by atoms with van der Waals surface area (Å²) in [5, 5.41) is 9.50. The van der Waals surface area contributed by atoms with Crippen LogP contribution in [0.5, 0.6) is 0 Å². The lowest BCUT2D eigenvalue weighted by Gasteiger charge is -2.20. The molecule has 0 saturated heterocycles. The Morgan fingerprint density at radius 1 is 1.13 bits per heavy atom. The molecule has 0 aromatic rings. The minimum absolute atomic E-state index is 0.271. The van der Waals surface area contributed by atoms with Gasteiger partial charge in [0.15, 0.2) is 0 Å². The Labute approximate surface area is 92.8 Å². The van der Waals surface area contributed by atoms with Gasteiger partial charge in [0, 0.05) is 0 Å². The predicted molar refractivity (Wildman–Crippen MR) is 60.4 cm³/mol. The summed E-state index contributed by atoms with van der Waals surface area (Å²) in [7, 11) is 0. The zero-order chi connectivity index (χ0) is 12.0. The Hall–Kier alpha value is -0.570. The quantitative estimate of drug-likeness (QED) is 0.692. The van der Waals surface area contributed by atoms with E-state index in [4.69, 9.17) is 4.74 Å². The van der Waals surface area contributed by atoms with Gasteiger partial charge in [-0.2, -0.15) is 0 Å². The molecule has 0 saturated carbocycles. The SMILES string of the molecule is CC(C)COC(=O)C(CC(C)C)C(C)O. The van der Waals surface area contributed by atoms with Crippen LogP contribution in [-0.2, 0) is 9.53 Å². The zero-order valence-corrected chi connectivity index (χ0v) is 10.5. The van der Waals surface area contributed by atoms with Crippen LogP contribution in [0.4, 0.5) is 0 Å². The van der Waals surface area contributed by atoms with Crippen LogP contribution in [-0.4, -0.2) is 23.8 Å². The lowest BCUT2D eigenvalue weighted by Crippen LogP contribution is -2.30. The third-order valence-electron chi connectivity index (χ3n) is 2.17. The van der Waals surface area contributed by atoms with Crippen molar-refractivity contribution in [2.45, 2.75) is 47.1 Å². The number of rotatable bonds is 6. The van der Waals surface area contributed by atoms with E-state index in [1.54, 1.807) is 6.92 Å². The maximum Gasteiger partial charge on any atom is 0.311 e. The van der Waals surface area contributed by atoms with Crippen LogP contribution < -0.4 is 0 Å². The molecule has 90 valence electrons. The van der Waals surface area contributed by atoms with Crippen molar-refractivity contribution in [3.05, 3.63) is 0 Å². The van der Waals surface area contributed by atoms with Crippen LogP contribution in [0.2, 0.25) is 0 Å². The molecule has 0 bridgehead atoms. The molecule has 0 heterocycles. The summed E-state index contributed by atoms with van der Waals surface area (Å²) in [5.41, 5.74) is 0. The smallest absolute Gasteiger partial charge is 0.311 e. The maximum atomic E-state index is 11.6. The van der Waals surface area contributed by atoms with E-state index in [1.807, 2.05) is 27.7 Å². The number of carbonyl (C=O) groups excluding carboxylic acids is 1. The van der Waals surface area contributed by atoms with Gasteiger partial charge in [0.1, 0.15) is 0 Å². The van der Waals surface area contributed by atoms with Crippen molar-refractivity contribution in [2.75, 3.05) is 6.61 Å². The molecule has 0 fully saturated rings. The monoisotopic (exact) mass is 216 g/mol. The van der Waals surface area contributed by atoms with Crippen molar-refractivity contribution in [1.29, 1.82) is 0 Å². The minimum atomic E-state index is -0.632. The number of aliphatic hydroxyl groups excluding tert-OH is 1. The highest BCUT2D eigenvalue weighted by Crippen LogP contribution is 2.17. The zero-order valence-electron chi connectivity index (χ0n) is 10.5. The lowest BCUT2D eigenvalue weighted by atomic mass is 9.93. The Bertz CT molecular complexity index is 185. The molecular formula is C12H24O3. The highest BCUT2D eigenvalue weighted by atomic mass is 16.5. The van der Waals surface area contributed by atoms with Gasteiger partial charge in [0.25, 0.3) is 0 Å². The van der Waals surface area contributed by atoms with Gasteiger partial charge >= 0.3 is 5.97 Å². The van der Waals surface area contributed by atoms with Crippen LogP contribution in [0.25, 0.3) is 0 Å². The summed E-state index contributed by atoms with van der Waals surface area (Å²) < 4.78 is 5.13. The van der Waals surface area contributed by atoms with Crippen molar-refractivity contribution < 1.29 is 14.6 Å². The Balaban J connectivity index is 4.17. The molecule has 0 rings (SSSR count). The second kappa shape index (κ2) is 6.83. The summed E-state index contributed by atoms with van der Waals surface area (Å²) in [6, 6.07) is 0. The van der Waals surface area contributed by atoms with Crippen LogP contribution >= 0.6 is 0 Å². The fraction of sp³-hybridized carbons (Fsp3) is 0.917. The Morgan fingerprint density at radius 3 is 2.00 bits per heavy atom. The minimum Gasteiger partial charge on any atom is -0.465 e. The molecule has 3 nitrogen and oxygen atoms in total. The first kappa shape index (κ1) is 14.4. The number of carbonyl (C=O) groups is 1. The summed E-state index contributed by atoms with van der Waals surface area (Å²) in [6.07, 6.45) is 0.0428. The van der Waals surface area contributed by atoms with Gasteiger partial charge in [-0.25, -0.2) is 0 Å². The van der Waals surface area contributed by atoms with Gasteiger partial charge in [0.2, 0.25) is 0 Å². The maximum absolute atomic E-state index is 11.6. The average molecular weight is 216 g/mol. The Kier molecular flexibility index (Phi) is 6.57. The molecule has 0 aromatic carbocycles. The molecule has 1 N–H and O–H groups in total. The molecule has 0 amide bonds. The molecule has 0 aliphatic rings. The van der Waals surface area contributed by atoms with E-state index in [1.165, 1.54) is 0 Å². The van der Waals surface area contributed by atoms with E-state index in [0.29, 0.717) is 24.9 Å². The molecule has 2 unspecified atom stereocenters. The predicted octanol–water partition coefficient (Wildman–Crippen LogP) is 2.23. The standard InChI is InChI=1S/C12H24O3/c1-8(2)6-11(10(5)13)12(14)15-7-9(3)4/h8-11,13H,6-7H2,1-5H3. The molecule has 0 radical (unpaired) electrons. The second-order valence-electron chi connectivity index (χ2n) is 5.00. The van der Waals surface area contributed by atoms with E-state index in [0.717, 1.165) is 0 Å². The highest BCUT2D eigenvalue weighted by Gasteiger charge is 2.26. The molecule has 0 aliphatic carbocycles. The van der Waals surface area contributed by atoms with Gasteiger partial charge in [-0.3, -0.25) is 4.79 Å². The fourth-order valence-electron chi connectivity index (χ4n) is 1.35. The first-order valence-electron chi connectivity index (χ1n) is 5.69. The van der Waals surface area contributed by atoms with Gasteiger partial charge < -0.3 is 9.84 Å². The summed E-state index contributed by atoms with van der Waals surface area (Å²) in [4.78, 5) is 11.6. The number of hydrogen-bond donors (Lipinski definition) is 1. The number of esters is 1. The van der Waals surface area contributed by atoms with Crippen LogP contribution in [0.1, 0.15) is 41.0 Å². The van der Waals surface area contributed by atoms with E-state index in [-0.39, 0.29) is 11.9 Å². The summed E-state index contributed by atoms with van der Waals surface area (Å²) in [6.45, 7) is 10.1. The molecule has 0 aromatic heterocycles. The van der Waals surface area contributed by atoms with Gasteiger partial charge in [-0.1, -0.05) is 27.7 Å². The normalized spacial score (nSPS) is 15.5. The number of ether oxygens (including phenoxy) is 1. The summed E-state index contributed by atoms with van der Waals surface area (Å²) >= 11 is 0. The third kappa shape index (κ3) is 6.50. The van der Waals surface area contributed by atoms with Gasteiger partial charge in [-0.15, -0.1) is 0 Å². The first-order valence-corrected chi connectivity index (χ1v) is 5.69. The fourth-order valence-corrected chi connectivity index (χ4v) is 1.35. The number of aliphatic hydroxyl groups is 1. The van der Waals surface area contributed by atoms with E-state index >= 15 is 0 Å². The summed E-state index contributed by atoms with van der Waals surface area (Å²) in [5.74, 6) is 0.0648. The molecule has 0 spiro atoms. The van der Waals surface area contributed by atoms with Crippen LogP contribution in [0, 0.1) is 17.8 Å². The van der Waals surface area contributed by atoms with Crippen molar-refractivity contribution in [3.63, 3.8) is 0 Å². The van der Waals surface area contributed by atoms with Crippen LogP contribution in [0.3, 0.4) is 0 Å². The lowest BCUT2D eigenvalue weighted by molar-refractivity contribution is -0.154. The van der Waals surface area contributed by atoms with E-state index in [9.17, 15) is 9.90 Å². The molecule has 3 heteroatoms. The molecule has 2 atom stereocenters.